The molecule has 0 aromatic carbocycles. The number of rotatable bonds is 4. The van der Waals surface area contributed by atoms with Gasteiger partial charge >= 0.3 is 0 Å². The second-order valence-electron chi connectivity index (χ2n) is 5.87. The third-order valence-corrected chi connectivity index (χ3v) is 3.87. The molecular weight excluding hydrogens is 236 g/mol. The number of piperazine rings is 1. The lowest BCUT2D eigenvalue weighted by molar-refractivity contribution is 0.0944. The third-order valence-electron chi connectivity index (χ3n) is 3.87. The normalized spacial score (nSPS) is 17.7. The molecule has 1 N–H and O–H groups in total. The minimum Gasteiger partial charge on any atom is -0.314 e. The highest BCUT2D eigenvalue weighted by molar-refractivity contribution is 5.15. The molecule has 0 amide bonds. The molecule has 4 heteroatoms. The SMILES string of the molecule is CCCc1cc(C)nc(C(C)(C)N2CCNCC2)n1. The fourth-order valence-corrected chi connectivity index (χ4v) is 2.66. The van der Waals surface area contributed by atoms with Crippen molar-refractivity contribution in [3.05, 3.63) is 23.3 Å². The van der Waals surface area contributed by atoms with Crippen LogP contribution in [0.15, 0.2) is 6.07 Å². The Hall–Kier alpha value is -1.00. The molecule has 1 aromatic rings. The molecule has 1 aromatic heterocycles. The second-order valence-corrected chi connectivity index (χ2v) is 5.87. The first-order valence-corrected chi connectivity index (χ1v) is 7.35. The quantitative estimate of drug-likeness (QED) is 0.899. The molecule has 0 aliphatic carbocycles. The van der Waals surface area contributed by atoms with E-state index in [1.807, 2.05) is 0 Å². The molecule has 1 aliphatic rings. The molecule has 0 unspecified atom stereocenters. The van der Waals surface area contributed by atoms with Crippen molar-refractivity contribution in [3.63, 3.8) is 0 Å². The molecule has 0 bridgehead atoms. The number of aromatic nitrogens is 2. The van der Waals surface area contributed by atoms with E-state index in [0.29, 0.717) is 0 Å². The minimum atomic E-state index is -0.0867. The summed E-state index contributed by atoms with van der Waals surface area (Å²) in [7, 11) is 0. The topological polar surface area (TPSA) is 41.1 Å². The van der Waals surface area contributed by atoms with Crippen LogP contribution in [0.2, 0.25) is 0 Å². The summed E-state index contributed by atoms with van der Waals surface area (Å²) in [5.74, 6) is 0.970. The summed E-state index contributed by atoms with van der Waals surface area (Å²) in [5.41, 5.74) is 2.17. The Labute approximate surface area is 116 Å². The van der Waals surface area contributed by atoms with E-state index in [9.17, 15) is 0 Å². The fraction of sp³-hybridized carbons (Fsp3) is 0.733. The second kappa shape index (κ2) is 5.97. The van der Waals surface area contributed by atoms with Crippen LogP contribution in [0.25, 0.3) is 0 Å². The van der Waals surface area contributed by atoms with Gasteiger partial charge in [0.15, 0.2) is 0 Å². The van der Waals surface area contributed by atoms with Crippen molar-refractivity contribution in [3.8, 4) is 0 Å². The van der Waals surface area contributed by atoms with Gasteiger partial charge in [0.25, 0.3) is 0 Å². The van der Waals surface area contributed by atoms with E-state index < -0.39 is 0 Å². The van der Waals surface area contributed by atoms with Gasteiger partial charge in [-0.05, 0) is 33.3 Å². The number of hydrogen-bond acceptors (Lipinski definition) is 4. The molecule has 106 valence electrons. The number of nitrogens with zero attached hydrogens (tertiary/aromatic N) is 3. The Kier molecular flexibility index (Phi) is 4.53. The van der Waals surface area contributed by atoms with Crippen LogP contribution in [-0.4, -0.2) is 41.0 Å². The van der Waals surface area contributed by atoms with Gasteiger partial charge in [-0.15, -0.1) is 0 Å². The largest absolute Gasteiger partial charge is 0.314 e. The predicted molar refractivity (Wildman–Crippen MR) is 78.2 cm³/mol. The maximum Gasteiger partial charge on any atom is 0.148 e. The van der Waals surface area contributed by atoms with Crippen molar-refractivity contribution in [2.24, 2.45) is 0 Å². The van der Waals surface area contributed by atoms with Crippen LogP contribution in [0, 0.1) is 6.92 Å². The van der Waals surface area contributed by atoms with Crippen LogP contribution in [0.1, 0.15) is 44.4 Å². The molecule has 0 atom stereocenters. The molecule has 1 aliphatic heterocycles. The highest BCUT2D eigenvalue weighted by Gasteiger charge is 2.32. The van der Waals surface area contributed by atoms with Crippen molar-refractivity contribution in [2.75, 3.05) is 26.2 Å². The highest BCUT2D eigenvalue weighted by atomic mass is 15.3. The molecular formula is C15H26N4. The van der Waals surface area contributed by atoms with Crippen molar-refractivity contribution in [1.29, 1.82) is 0 Å². The van der Waals surface area contributed by atoms with Gasteiger partial charge in [-0.2, -0.15) is 0 Å². The van der Waals surface area contributed by atoms with Gasteiger partial charge in [0, 0.05) is 37.6 Å². The first-order valence-electron chi connectivity index (χ1n) is 7.35. The first kappa shape index (κ1) is 14.4. The maximum atomic E-state index is 4.80. The number of hydrogen-bond donors (Lipinski definition) is 1. The summed E-state index contributed by atoms with van der Waals surface area (Å²) in [6.45, 7) is 13.0. The van der Waals surface area contributed by atoms with Crippen molar-refractivity contribution in [2.45, 2.75) is 46.1 Å². The van der Waals surface area contributed by atoms with E-state index in [-0.39, 0.29) is 5.54 Å². The van der Waals surface area contributed by atoms with Gasteiger partial charge in [-0.3, -0.25) is 4.90 Å². The molecule has 0 spiro atoms. The van der Waals surface area contributed by atoms with Gasteiger partial charge < -0.3 is 5.32 Å². The Bertz CT molecular complexity index is 422. The van der Waals surface area contributed by atoms with Crippen LogP contribution in [0.5, 0.6) is 0 Å². The molecule has 4 nitrogen and oxygen atoms in total. The summed E-state index contributed by atoms with van der Waals surface area (Å²) in [6.07, 6.45) is 2.16. The molecule has 2 rings (SSSR count). The molecule has 2 heterocycles. The van der Waals surface area contributed by atoms with Gasteiger partial charge in [0.1, 0.15) is 5.82 Å². The summed E-state index contributed by atoms with van der Waals surface area (Å²) in [4.78, 5) is 12.0. The smallest absolute Gasteiger partial charge is 0.148 e. The first-order chi connectivity index (χ1) is 9.04. The van der Waals surface area contributed by atoms with Gasteiger partial charge in [-0.1, -0.05) is 13.3 Å². The molecule has 19 heavy (non-hydrogen) atoms. The average molecular weight is 262 g/mol. The van der Waals surface area contributed by atoms with Crippen molar-refractivity contribution in [1.82, 2.24) is 20.2 Å². The zero-order valence-corrected chi connectivity index (χ0v) is 12.7. The lowest BCUT2D eigenvalue weighted by Crippen LogP contribution is -2.52. The maximum absolute atomic E-state index is 4.80. The average Bonchev–Trinajstić information content (AvgIpc) is 2.39. The minimum absolute atomic E-state index is 0.0867. The van der Waals surface area contributed by atoms with Crippen LogP contribution in [-0.2, 0) is 12.0 Å². The van der Waals surface area contributed by atoms with Gasteiger partial charge in [0.05, 0.1) is 5.54 Å². The lowest BCUT2D eigenvalue weighted by Gasteiger charge is -2.40. The molecule has 0 saturated carbocycles. The monoisotopic (exact) mass is 262 g/mol. The summed E-state index contributed by atoms with van der Waals surface area (Å²) in [6, 6.07) is 2.11. The van der Waals surface area contributed by atoms with E-state index >= 15 is 0 Å². The Balaban J connectivity index is 2.27. The Morgan fingerprint density at radius 2 is 1.95 bits per heavy atom. The Morgan fingerprint density at radius 3 is 2.58 bits per heavy atom. The molecule has 1 fully saturated rings. The predicted octanol–water partition coefficient (Wildman–Crippen LogP) is 1.88. The number of nitrogens with one attached hydrogen (secondary N) is 1. The zero-order chi connectivity index (χ0) is 13.9. The standard InChI is InChI=1S/C15H26N4/c1-5-6-13-11-12(2)17-14(18-13)15(3,4)19-9-7-16-8-10-19/h11,16H,5-10H2,1-4H3. The van der Waals surface area contributed by atoms with Crippen molar-refractivity contribution < 1.29 is 0 Å². The number of aryl methyl sites for hydroxylation is 2. The van der Waals surface area contributed by atoms with E-state index in [0.717, 1.165) is 50.5 Å². The highest BCUT2D eigenvalue weighted by Crippen LogP contribution is 2.25. The molecule has 1 saturated heterocycles. The summed E-state index contributed by atoms with van der Waals surface area (Å²) < 4.78 is 0. The van der Waals surface area contributed by atoms with Crippen LogP contribution in [0.3, 0.4) is 0 Å². The zero-order valence-electron chi connectivity index (χ0n) is 12.7. The molecule has 0 radical (unpaired) electrons. The summed E-state index contributed by atoms with van der Waals surface area (Å²) >= 11 is 0. The fourth-order valence-electron chi connectivity index (χ4n) is 2.66. The third kappa shape index (κ3) is 3.31. The van der Waals surface area contributed by atoms with Gasteiger partial charge in [-0.25, -0.2) is 9.97 Å². The van der Waals surface area contributed by atoms with Crippen LogP contribution >= 0.6 is 0 Å². The van der Waals surface area contributed by atoms with Crippen molar-refractivity contribution >= 4 is 0 Å². The summed E-state index contributed by atoms with van der Waals surface area (Å²) in [5, 5.41) is 3.40. The Morgan fingerprint density at radius 1 is 1.26 bits per heavy atom. The van der Waals surface area contributed by atoms with E-state index in [1.54, 1.807) is 0 Å². The van der Waals surface area contributed by atoms with E-state index in [4.69, 9.17) is 4.98 Å². The van der Waals surface area contributed by atoms with E-state index in [1.165, 1.54) is 5.69 Å². The lowest BCUT2D eigenvalue weighted by atomic mass is 10.00. The van der Waals surface area contributed by atoms with Crippen LogP contribution in [0.4, 0.5) is 0 Å². The van der Waals surface area contributed by atoms with Crippen LogP contribution < -0.4 is 5.32 Å². The van der Waals surface area contributed by atoms with Gasteiger partial charge in [0.2, 0.25) is 0 Å². The van der Waals surface area contributed by atoms with E-state index in [2.05, 4.69) is 49.0 Å².